The Hall–Kier alpha value is -0.770. The van der Waals surface area contributed by atoms with Crippen LogP contribution >= 0.6 is 23.2 Å². The molecule has 5 heteroatoms. The van der Waals surface area contributed by atoms with Gasteiger partial charge >= 0.3 is 0 Å². The van der Waals surface area contributed by atoms with Gasteiger partial charge in [0.1, 0.15) is 0 Å². The zero-order valence-corrected chi connectivity index (χ0v) is 15.7. The Bertz CT molecular complexity index is 527. The first-order valence-corrected chi connectivity index (χ1v) is 8.22. The van der Waals surface area contributed by atoms with E-state index in [0.717, 1.165) is 5.56 Å². The van der Waals surface area contributed by atoms with Gasteiger partial charge in [0.05, 0.1) is 16.0 Å². The maximum atomic E-state index is 12.6. The van der Waals surface area contributed by atoms with Crippen molar-refractivity contribution in [3.63, 3.8) is 0 Å². The molecule has 0 spiro atoms. The monoisotopic (exact) mass is 344 g/mol. The zero-order chi connectivity index (χ0) is 17.1. The van der Waals surface area contributed by atoms with Gasteiger partial charge in [-0.2, -0.15) is 0 Å². The lowest BCUT2D eigenvalue weighted by Gasteiger charge is -2.33. The van der Waals surface area contributed by atoms with Gasteiger partial charge in [-0.05, 0) is 51.6 Å². The third-order valence-corrected chi connectivity index (χ3v) is 4.90. The molecule has 1 aromatic rings. The Labute approximate surface area is 144 Å². The summed E-state index contributed by atoms with van der Waals surface area (Å²) in [6.07, 6.45) is 0. The normalized spacial score (nSPS) is 13.5. The lowest BCUT2D eigenvalue weighted by atomic mass is 9.87. The molecule has 1 atom stereocenters. The maximum Gasteiger partial charge on any atom is 0.227 e. The number of amides is 1. The summed E-state index contributed by atoms with van der Waals surface area (Å²) >= 11 is 12.1. The highest BCUT2D eigenvalue weighted by atomic mass is 35.5. The van der Waals surface area contributed by atoms with Crippen LogP contribution in [0.1, 0.15) is 39.2 Å². The second-order valence-corrected chi connectivity index (χ2v) is 7.63. The average molecular weight is 345 g/mol. The molecule has 124 valence electrons. The average Bonchev–Trinajstić information content (AvgIpc) is 2.40. The molecule has 1 amide bonds. The Kier molecular flexibility index (Phi) is 6.72. The predicted molar refractivity (Wildman–Crippen MR) is 94.8 cm³/mol. The van der Waals surface area contributed by atoms with Gasteiger partial charge in [-0.25, -0.2) is 0 Å². The fourth-order valence-corrected chi connectivity index (χ4v) is 2.42. The van der Waals surface area contributed by atoms with Crippen LogP contribution in [-0.4, -0.2) is 37.0 Å². The lowest BCUT2D eigenvalue weighted by Crippen LogP contribution is -2.49. The minimum atomic E-state index is -0.243. The predicted octanol–water partition coefficient (Wildman–Crippen LogP) is 4.19. The maximum absolute atomic E-state index is 12.6. The van der Waals surface area contributed by atoms with Crippen LogP contribution in [0.3, 0.4) is 0 Å². The number of likely N-dealkylation sites (N-methyl/N-ethyl adjacent to an activating group) is 1. The van der Waals surface area contributed by atoms with E-state index in [1.54, 1.807) is 12.1 Å². The van der Waals surface area contributed by atoms with Gasteiger partial charge in [-0.3, -0.25) is 4.79 Å². The first-order valence-electron chi connectivity index (χ1n) is 7.46. The summed E-state index contributed by atoms with van der Waals surface area (Å²) in [7, 11) is 4.01. The molecule has 22 heavy (non-hydrogen) atoms. The molecule has 0 saturated heterocycles. The first-order chi connectivity index (χ1) is 10.1. The molecule has 0 aliphatic rings. The van der Waals surface area contributed by atoms with E-state index in [1.807, 2.05) is 34.0 Å². The second-order valence-electron chi connectivity index (χ2n) is 6.82. The van der Waals surface area contributed by atoms with Gasteiger partial charge in [0.15, 0.2) is 0 Å². The van der Waals surface area contributed by atoms with Crippen LogP contribution in [-0.2, 0) is 4.79 Å². The number of benzene rings is 1. The fraction of sp³-hybridized carbons (Fsp3) is 0.588. The van der Waals surface area contributed by atoms with E-state index in [2.05, 4.69) is 24.1 Å². The van der Waals surface area contributed by atoms with Crippen molar-refractivity contribution >= 4 is 29.1 Å². The second kappa shape index (κ2) is 7.67. The largest absolute Gasteiger partial charge is 0.354 e. The van der Waals surface area contributed by atoms with Crippen molar-refractivity contribution in [3.05, 3.63) is 33.8 Å². The minimum Gasteiger partial charge on any atom is -0.354 e. The highest BCUT2D eigenvalue weighted by molar-refractivity contribution is 6.42. The summed E-state index contributed by atoms with van der Waals surface area (Å²) in [6, 6.07) is 5.40. The van der Waals surface area contributed by atoms with E-state index >= 15 is 0 Å². The number of hydrogen-bond donors (Lipinski definition) is 1. The van der Waals surface area contributed by atoms with E-state index in [-0.39, 0.29) is 23.3 Å². The molecule has 0 heterocycles. The van der Waals surface area contributed by atoms with Gasteiger partial charge in [0.2, 0.25) is 5.91 Å². The number of rotatable bonds is 6. The Balaban J connectivity index is 2.91. The molecule has 0 bridgehead atoms. The smallest absolute Gasteiger partial charge is 0.227 e. The Morgan fingerprint density at radius 2 is 1.82 bits per heavy atom. The Morgan fingerprint density at radius 3 is 2.27 bits per heavy atom. The van der Waals surface area contributed by atoms with E-state index in [4.69, 9.17) is 23.2 Å². The third-order valence-electron chi connectivity index (χ3n) is 4.16. The fourth-order valence-electron chi connectivity index (χ4n) is 2.12. The molecule has 1 unspecified atom stereocenters. The van der Waals surface area contributed by atoms with Crippen LogP contribution in [0.25, 0.3) is 0 Å². The highest BCUT2D eigenvalue weighted by Gasteiger charge is 2.27. The summed E-state index contributed by atoms with van der Waals surface area (Å²) < 4.78 is 0. The first kappa shape index (κ1) is 19.3. The number of nitrogens with zero attached hydrogens (tertiary/aromatic N) is 1. The van der Waals surface area contributed by atoms with Crippen molar-refractivity contribution in [1.29, 1.82) is 0 Å². The van der Waals surface area contributed by atoms with Crippen molar-refractivity contribution in [3.8, 4) is 0 Å². The van der Waals surface area contributed by atoms with Crippen LogP contribution < -0.4 is 5.32 Å². The molecule has 1 aromatic carbocycles. The van der Waals surface area contributed by atoms with Gasteiger partial charge in [0, 0.05) is 12.1 Å². The number of hydrogen-bond acceptors (Lipinski definition) is 2. The van der Waals surface area contributed by atoms with Crippen molar-refractivity contribution < 1.29 is 4.79 Å². The molecule has 1 rings (SSSR count). The van der Waals surface area contributed by atoms with Crippen molar-refractivity contribution in [2.45, 2.75) is 39.2 Å². The molecule has 0 saturated carbocycles. The SMILES string of the molecule is CC(C)C(C(=O)NCC(C)(C)N(C)C)c1ccc(Cl)c(Cl)c1. The lowest BCUT2D eigenvalue weighted by molar-refractivity contribution is -0.124. The van der Waals surface area contributed by atoms with Gasteiger partial charge < -0.3 is 10.2 Å². The van der Waals surface area contributed by atoms with E-state index in [9.17, 15) is 4.79 Å². The molecule has 0 fully saturated rings. The molecule has 3 nitrogen and oxygen atoms in total. The molecular weight excluding hydrogens is 319 g/mol. The van der Waals surface area contributed by atoms with E-state index in [0.29, 0.717) is 16.6 Å². The molecule has 1 N–H and O–H groups in total. The van der Waals surface area contributed by atoms with Crippen LogP contribution in [0.2, 0.25) is 10.0 Å². The molecular formula is C17H26Cl2N2O. The highest BCUT2D eigenvalue weighted by Crippen LogP contribution is 2.30. The van der Waals surface area contributed by atoms with Gasteiger partial charge in [0.25, 0.3) is 0 Å². The topological polar surface area (TPSA) is 32.3 Å². The van der Waals surface area contributed by atoms with Crippen LogP contribution in [0.5, 0.6) is 0 Å². The quantitative estimate of drug-likeness (QED) is 0.838. The standard InChI is InChI=1S/C17H26Cl2N2O/c1-11(2)15(12-7-8-13(18)14(19)9-12)16(22)20-10-17(3,4)21(5)6/h7-9,11,15H,10H2,1-6H3,(H,20,22). The Morgan fingerprint density at radius 1 is 1.23 bits per heavy atom. The van der Waals surface area contributed by atoms with Crippen LogP contribution in [0, 0.1) is 5.92 Å². The van der Waals surface area contributed by atoms with E-state index in [1.165, 1.54) is 0 Å². The summed E-state index contributed by atoms with van der Waals surface area (Å²) in [5, 5.41) is 4.04. The van der Waals surface area contributed by atoms with Gasteiger partial charge in [-0.15, -0.1) is 0 Å². The summed E-state index contributed by atoms with van der Waals surface area (Å²) in [6.45, 7) is 8.84. The van der Waals surface area contributed by atoms with Crippen molar-refractivity contribution in [2.75, 3.05) is 20.6 Å². The number of carbonyl (C=O) groups is 1. The summed E-state index contributed by atoms with van der Waals surface area (Å²) in [5.74, 6) is -0.0595. The summed E-state index contributed by atoms with van der Waals surface area (Å²) in [4.78, 5) is 14.7. The molecule has 0 aromatic heterocycles. The minimum absolute atomic E-state index is 0.0170. The summed E-state index contributed by atoms with van der Waals surface area (Å²) in [5.41, 5.74) is 0.791. The molecule has 0 radical (unpaired) electrons. The zero-order valence-electron chi connectivity index (χ0n) is 14.2. The van der Waals surface area contributed by atoms with Gasteiger partial charge in [-0.1, -0.05) is 43.1 Å². The van der Waals surface area contributed by atoms with Crippen molar-refractivity contribution in [2.24, 2.45) is 5.92 Å². The number of nitrogens with one attached hydrogen (secondary N) is 1. The van der Waals surface area contributed by atoms with Crippen molar-refractivity contribution in [1.82, 2.24) is 10.2 Å². The number of carbonyl (C=O) groups excluding carboxylic acids is 1. The number of halogens is 2. The molecule has 0 aliphatic carbocycles. The van der Waals surface area contributed by atoms with Crippen LogP contribution in [0.4, 0.5) is 0 Å². The van der Waals surface area contributed by atoms with Crippen LogP contribution in [0.15, 0.2) is 18.2 Å². The molecule has 0 aliphatic heterocycles. The third kappa shape index (κ3) is 4.87. The van der Waals surface area contributed by atoms with E-state index < -0.39 is 0 Å².